The molecule has 0 bridgehead atoms. The maximum atomic E-state index is 12.9. The molecule has 4 amide bonds. The molecule has 30 heavy (non-hydrogen) atoms. The highest BCUT2D eigenvalue weighted by atomic mass is 16.2. The first-order valence-electron chi connectivity index (χ1n) is 10.5. The number of nitrogens with one attached hydrogen (secondary N) is 3. The van der Waals surface area contributed by atoms with E-state index in [9.17, 15) is 19.2 Å². The van der Waals surface area contributed by atoms with Crippen molar-refractivity contribution in [1.82, 2.24) is 25.8 Å². The molecule has 1 aromatic rings. The van der Waals surface area contributed by atoms with Crippen LogP contribution in [-0.4, -0.2) is 71.2 Å². The van der Waals surface area contributed by atoms with E-state index in [0.29, 0.717) is 31.1 Å². The maximum Gasteiger partial charge on any atom is 0.255 e. The predicted molar refractivity (Wildman–Crippen MR) is 106 cm³/mol. The van der Waals surface area contributed by atoms with Gasteiger partial charge in [-0.2, -0.15) is 0 Å². The second-order valence-electron chi connectivity index (χ2n) is 8.41. The van der Waals surface area contributed by atoms with Crippen LogP contribution < -0.4 is 16.0 Å². The van der Waals surface area contributed by atoms with E-state index in [4.69, 9.17) is 0 Å². The van der Waals surface area contributed by atoms with Gasteiger partial charge in [0.25, 0.3) is 5.91 Å². The van der Waals surface area contributed by atoms with Gasteiger partial charge < -0.3 is 20.4 Å². The monoisotopic (exact) mass is 411 g/mol. The normalized spacial score (nSPS) is 26.8. The Morgan fingerprint density at radius 2 is 1.90 bits per heavy atom. The van der Waals surface area contributed by atoms with E-state index in [1.54, 1.807) is 11.0 Å². The molecule has 158 valence electrons. The number of amides is 4. The van der Waals surface area contributed by atoms with Gasteiger partial charge in [0.1, 0.15) is 6.04 Å². The number of carbonyl (C=O) groups is 4. The summed E-state index contributed by atoms with van der Waals surface area (Å²) in [6.45, 7) is 3.34. The number of rotatable bonds is 5. The lowest BCUT2D eigenvalue weighted by atomic mass is 10.0. The molecule has 4 heterocycles. The van der Waals surface area contributed by atoms with Gasteiger partial charge in [0.2, 0.25) is 17.7 Å². The van der Waals surface area contributed by atoms with E-state index < -0.39 is 11.9 Å². The van der Waals surface area contributed by atoms with E-state index in [2.05, 4.69) is 16.0 Å². The fraction of sp³-hybridized carbons (Fsp3) is 0.524. The fourth-order valence-electron chi connectivity index (χ4n) is 4.80. The average molecular weight is 411 g/mol. The lowest BCUT2D eigenvalue weighted by molar-refractivity contribution is -0.137. The molecule has 0 aromatic heterocycles. The van der Waals surface area contributed by atoms with Gasteiger partial charge in [0.15, 0.2) is 0 Å². The zero-order valence-corrected chi connectivity index (χ0v) is 16.6. The minimum Gasteiger partial charge on any atom is -0.336 e. The molecule has 9 heteroatoms. The van der Waals surface area contributed by atoms with Crippen molar-refractivity contribution in [1.29, 1.82) is 0 Å². The Morgan fingerprint density at radius 1 is 1.07 bits per heavy atom. The van der Waals surface area contributed by atoms with E-state index in [1.165, 1.54) is 0 Å². The molecule has 5 rings (SSSR count). The summed E-state index contributed by atoms with van der Waals surface area (Å²) in [5.74, 6) is -0.732. The molecular formula is C21H25N5O4. The molecule has 4 aliphatic rings. The molecule has 2 atom stereocenters. The minimum absolute atomic E-state index is 0.148. The van der Waals surface area contributed by atoms with Crippen molar-refractivity contribution in [2.24, 2.45) is 0 Å². The van der Waals surface area contributed by atoms with E-state index in [1.807, 2.05) is 17.0 Å². The van der Waals surface area contributed by atoms with Crippen LogP contribution in [-0.2, 0) is 27.5 Å². The molecule has 0 radical (unpaired) electrons. The third-order valence-corrected chi connectivity index (χ3v) is 6.66. The van der Waals surface area contributed by atoms with Crippen LogP contribution in [0.1, 0.15) is 40.7 Å². The van der Waals surface area contributed by atoms with E-state index in [-0.39, 0.29) is 30.2 Å². The van der Waals surface area contributed by atoms with Gasteiger partial charge in [-0.15, -0.1) is 0 Å². The van der Waals surface area contributed by atoms with Crippen LogP contribution in [0.5, 0.6) is 0 Å². The number of piperidine rings is 1. The maximum absolute atomic E-state index is 12.9. The van der Waals surface area contributed by atoms with Crippen molar-refractivity contribution in [3.63, 3.8) is 0 Å². The third kappa shape index (κ3) is 3.18. The summed E-state index contributed by atoms with van der Waals surface area (Å²) >= 11 is 0. The first kappa shape index (κ1) is 19.2. The van der Waals surface area contributed by atoms with Crippen LogP contribution in [0.25, 0.3) is 0 Å². The Bertz CT molecular complexity index is 928. The number of carbonyl (C=O) groups excluding carboxylic acids is 4. The quantitative estimate of drug-likeness (QED) is 0.542. The number of imide groups is 1. The first-order valence-corrected chi connectivity index (χ1v) is 10.5. The number of nitrogens with zero attached hydrogens (tertiary/aromatic N) is 2. The van der Waals surface area contributed by atoms with Crippen LogP contribution in [0.4, 0.5) is 0 Å². The summed E-state index contributed by atoms with van der Waals surface area (Å²) in [7, 11) is 0. The molecule has 3 N–H and O–H groups in total. The van der Waals surface area contributed by atoms with Gasteiger partial charge in [0, 0.05) is 44.7 Å². The Labute approximate surface area is 174 Å². The highest BCUT2D eigenvalue weighted by molar-refractivity contribution is 6.05. The van der Waals surface area contributed by atoms with Gasteiger partial charge in [0.05, 0.1) is 12.1 Å². The van der Waals surface area contributed by atoms with Crippen molar-refractivity contribution < 1.29 is 19.2 Å². The molecular weight excluding hydrogens is 386 g/mol. The van der Waals surface area contributed by atoms with E-state index in [0.717, 1.165) is 37.2 Å². The number of hydrogen-bond donors (Lipinski definition) is 3. The van der Waals surface area contributed by atoms with Crippen molar-refractivity contribution in [2.45, 2.75) is 50.5 Å². The van der Waals surface area contributed by atoms with E-state index >= 15 is 0 Å². The molecule has 0 spiro atoms. The second kappa shape index (κ2) is 7.48. The van der Waals surface area contributed by atoms with Crippen LogP contribution in [0.15, 0.2) is 18.2 Å². The molecule has 0 aliphatic carbocycles. The van der Waals surface area contributed by atoms with Gasteiger partial charge in [-0.25, -0.2) is 0 Å². The predicted octanol–water partition coefficient (Wildman–Crippen LogP) is -0.890. The summed E-state index contributed by atoms with van der Waals surface area (Å²) < 4.78 is 0. The molecule has 3 saturated heterocycles. The largest absolute Gasteiger partial charge is 0.336 e. The summed E-state index contributed by atoms with van der Waals surface area (Å²) in [4.78, 5) is 52.8. The summed E-state index contributed by atoms with van der Waals surface area (Å²) in [6.07, 6.45) is 1.37. The zero-order valence-electron chi connectivity index (χ0n) is 16.6. The average Bonchev–Trinajstić information content (AvgIpc) is 3.20. The van der Waals surface area contributed by atoms with Crippen LogP contribution in [0.3, 0.4) is 0 Å². The number of benzene rings is 1. The third-order valence-electron chi connectivity index (χ3n) is 6.66. The van der Waals surface area contributed by atoms with Crippen LogP contribution in [0, 0.1) is 0 Å². The first-order chi connectivity index (χ1) is 14.5. The lowest BCUT2D eigenvalue weighted by Gasteiger charge is -2.35. The number of likely N-dealkylation sites (tertiary alicyclic amines) is 1. The highest BCUT2D eigenvalue weighted by Gasteiger charge is 2.40. The summed E-state index contributed by atoms with van der Waals surface area (Å²) in [5.41, 5.74) is 2.45. The summed E-state index contributed by atoms with van der Waals surface area (Å²) in [5, 5.41) is 8.90. The van der Waals surface area contributed by atoms with Crippen LogP contribution >= 0.6 is 0 Å². The number of fused-ring (bicyclic) bond motifs is 1. The molecule has 3 fully saturated rings. The second-order valence-corrected chi connectivity index (χ2v) is 8.41. The Kier molecular flexibility index (Phi) is 4.79. The van der Waals surface area contributed by atoms with Crippen molar-refractivity contribution in [3.05, 3.63) is 34.9 Å². The lowest BCUT2D eigenvalue weighted by Crippen LogP contribution is -2.58. The fourth-order valence-corrected chi connectivity index (χ4v) is 4.80. The van der Waals surface area contributed by atoms with Gasteiger partial charge in [-0.3, -0.25) is 24.5 Å². The Morgan fingerprint density at radius 3 is 2.63 bits per heavy atom. The van der Waals surface area contributed by atoms with Crippen molar-refractivity contribution >= 4 is 23.6 Å². The Balaban J connectivity index is 1.27. The molecule has 1 aromatic carbocycles. The summed E-state index contributed by atoms with van der Waals surface area (Å²) in [6, 6.07) is 5.06. The Hall–Kier alpha value is -2.78. The molecule has 9 nitrogen and oxygen atoms in total. The minimum atomic E-state index is -0.621. The van der Waals surface area contributed by atoms with Crippen molar-refractivity contribution in [3.8, 4) is 0 Å². The van der Waals surface area contributed by atoms with Crippen molar-refractivity contribution in [2.75, 3.05) is 19.6 Å². The molecule has 2 unspecified atom stereocenters. The zero-order chi connectivity index (χ0) is 20.8. The number of hydrogen-bond acceptors (Lipinski definition) is 6. The van der Waals surface area contributed by atoms with Crippen LogP contribution in [0.2, 0.25) is 0 Å². The standard InChI is InChI=1S/C21H25N5O4/c27-18-5-4-17(19(28)24-18)26-11-15-12(2-1-3-14(15)20(26)29)8-23-16-6-7-25(21(16)30)13-9-22-10-13/h1-3,13,16-17,22-23H,4-11H2,(H,24,27,28). The molecule has 0 saturated carbocycles. The topological polar surface area (TPSA) is 111 Å². The molecule has 4 aliphatic heterocycles. The SMILES string of the molecule is O=C1CCC(N2Cc3c(CNC4CCN(C5CNC5)C4=O)cccc3C2=O)C(=O)N1. The smallest absolute Gasteiger partial charge is 0.255 e. The van der Waals surface area contributed by atoms with Gasteiger partial charge >= 0.3 is 0 Å². The van der Waals surface area contributed by atoms with Gasteiger partial charge in [-0.1, -0.05) is 12.1 Å². The highest BCUT2D eigenvalue weighted by Crippen LogP contribution is 2.30. The van der Waals surface area contributed by atoms with Gasteiger partial charge in [-0.05, 0) is 30.0 Å².